The molecule has 14 heavy (non-hydrogen) atoms. The van der Waals surface area contributed by atoms with Gasteiger partial charge in [-0.2, -0.15) is 0 Å². The molecule has 1 aliphatic rings. The summed E-state index contributed by atoms with van der Waals surface area (Å²) in [6, 6.07) is 0.227. The van der Waals surface area contributed by atoms with E-state index in [0.717, 1.165) is 25.8 Å². The van der Waals surface area contributed by atoms with Crippen molar-refractivity contribution >= 4 is 5.91 Å². The molecule has 0 bridgehead atoms. The molecule has 4 heteroatoms. The molecule has 1 saturated heterocycles. The molecule has 4 nitrogen and oxygen atoms in total. The quantitative estimate of drug-likeness (QED) is 0.672. The van der Waals surface area contributed by atoms with Gasteiger partial charge in [-0.1, -0.05) is 13.3 Å². The second-order valence-electron chi connectivity index (χ2n) is 3.95. The second kappa shape index (κ2) is 5.32. The summed E-state index contributed by atoms with van der Waals surface area (Å²) in [4.78, 5) is 13.4. The molecule has 2 unspecified atom stereocenters. The largest absolute Gasteiger partial charge is 0.368 e. The van der Waals surface area contributed by atoms with Crippen LogP contribution in [0.2, 0.25) is 0 Å². The third kappa shape index (κ3) is 2.45. The number of carbonyl (C=O) groups is 1. The zero-order valence-corrected chi connectivity index (χ0v) is 8.91. The lowest BCUT2D eigenvalue weighted by molar-refractivity contribution is -0.124. The van der Waals surface area contributed by atoms with Gasteiger partial charge in [0.25, 0.3) is 0 Å². The number of amides is 1. The molecular weight excluding hydrogens is 178 g/mol. The van der Waals surface area contributed by atoms with E-state index in [-0.39, 0.29) is 11.9 Å². The summed E-state index contributed by atoms with van der Waals surface area (Å²) in [7, 11) is 0. The first-order chi connectivity index (χ1) is 6.70. The molecule has 0 aromatic rings. The minimum Gasteiger partial charge on any atom is -0.368 e. The highest BCUT2D eigenvalue weighted by molar-refractivity contribution is 5.79. The molecule has 82 valence electrons. The number of primary amides is 1. The van der Waals surface area contributed by atoms with Crippen molar-refractivity contribution in [2.45, 2.75) is 44.7 Å². The number of piperidine rings is 1. The molecule has 0 saturated carbocycles. The highest BCUT2D eigenvalue weighted by atomic mass is 16.1. The summed E-state index contributed by atoms with van der Waals surface area (Å²) in [6.45, 7) is 3.59. The lowest BCUT2D eigenvalue weighted by Crippen LogP contribution is -2.53. The van der Waals surface area contributed by atoms with Gasteiger partial charge in [-0.05, 0) is 25.8 Å². The standard InChI is InChI=1S/C10H21N3O/c1-2-9(10(12)14)13-6-4-3-5-8(13)7-11/h8-9H,2-7,11H2,1H3,(H2,12,14). The molecule has 1 heterocycles. The molecule has 0 aromatic carbocycles. The summed E-state index contributed by atoms with van der Waals surface area (Å²) in [5.41, 5.74) is 11.1. The summed E-state index contributed by atoms with van der Waals surface area (Å²) in [6.07, 6.45) is 4.25. The predicted octanol–water partition coefficient (Wildman–Crippen LogP) is 0.0635. The second-order valence-corrected chi connectivity index (χ2v) is 3.95. The van der Waals surface area contributed by atoms with Gasteiger partial charge in [-0.15, -0.1) is 0 Å². The van der Waals surface area contributed by atoms with Gasteiger partial charge >= 0.3 is 0 Å². The molecular formula is C10H21N3O. The van der Waals surface area contributed by atoms with Crippen molar-refractivity contribution in [3.05, 3.63) is 0 Å². The normalized spacial score (nSPS) is 26.0. The highest BCUT2D eigenvalue weighted by Gasteiger charge is 2.29. The van der Waals surface area contributed by atoms with Crippen LogP contribution in [0.15, 0.2) is 0 Å². The Morgan fingerprint density at radius 1 is 1.57 bits per heavy atom. The van der Waals surface area contributed by atoms with E-state index in [9.17, 15) is 4.79 Å². The Bertz CT molecular complexity index is 196. The predicted molar refractivity (Wildman–Crippen MR) is 56.7 cm³/mol. The minimum atomic E-state index is -0.215. The molecule has 2 atom stereocenters. The van der Waals surface area contributed by atoms with Gasteiger partial charge < -0.3 is 11.5 Å². The van der Waals surface area contributed by atoms with E-state index in [1.54, 1.807) is 0 Å². The number of carbonyl (C=O) groups excluding carboxylic acids is 1. The first-order valence-electron chi connectivity index (χ1n) is 5.45. The van der Waals surface area contributed by atoms with Gasteiger partial charge in [0.05, 0.1) is 6.04 Å². The Kier molecular flexibility index (Phi) is 4.35. The van der Waals surface area contributed by atoms with E-state index in [1.807, 2.05) is 6.92 Å². The summed E-state index contributed by atoms with van der Waals surface area (Å²) in [5, 5.41) is 0. The van der Waals surface area contributed by atoms with Gasteiger partial charge in [-0.3, -0.25) is 9.69 Å². The van der Waals surface area contributed by atoms with Crippen LogP contribution in [0, 0.1) is 0 Å². The van der Waals surface area contributed by atoms with Gasteiger partial charge in [-0.25, -0.2) is 0 Å². The van der Waals surface area contributed by atoms with Crippen LogP contribution in [-0.2, 0) is 4.79 Å². The molecule has 0 aromatic heterocycles. The van der Waals surface area contributed by atoms with Crippen molar-refractivity contribution in [2.24, 2.45) is 11.5 Å². The summed E-state index contributed by atoms with van der Waals surface area (Å²) in [5.74, 6) is -0.215. The molecule has 4 N–H and O–H groups in total. The van der Waals surface area contributed by atoms with Crippen LogP contribution >= 0.6 is 0 Å². The zero-order valence-electron chi connectivity index (χ0n) is 8.91. The number of likely N-dealkylation sites (tertiary alicyclic amines) is 1. The Hall–Kier alpha value is -0.610. The van der Waals surface area contributed by atoms with Crippen LogP contribution in [0.3, 0.4) is 0 Å². The number of hydrogen-bond donors (Lipinski definition) is 2. The molecule has 1 amide bonds. The van der Waals surface area contributed by atoms with Gasteiger partial charge in [0.15, 0.2) is 0 Å². The molecule has 1 aliphatic heterocycles. The van der Waals surface area contributed by atoms with Crippen molar-refractivity contribution in [1.29, 1.82) is 0 Å². The Labute approximate surface area is 85.6 Å². The fourth-order valence-corrected chi connectivity index (χ4v) is 2.29. The van der Waals surface area contributed by atoms with Crippen LogP contribution in [0.1, 0.15) is 32.6 Å². The van der Waals surface area contributed by atoms with Crippen molar-refractivity contribution in [3.63, 3.8) is 0 Å². The monoisotopic (exact) mass is 199 g/mol. The first kappa shape index (κ1) is 11.5. The maximum absolute atomic E-state index is 11.2. The van der Waals surface area contributed by atoms with Crippen molar-refractivity contribution in [2.75, 3.05) is 13.1 Å². The van der Waals surface area contributed by atoms with Gasteiger partial charge in [0.2, 0.25) is 5.91 Å². The lowest BCUT2D eigenvalue weighted by atomic mass is 9.98. The number of nitrogens with two attached hydrogens (primary N) is 2. The Morgan fingerprint density at radius 2 is 2.29 bits per heavy atom. The maximum atomic E-state index is 11.2. The average molecular weight is 199 g/mol. The van der Waals surface area contributed by atoms with Crippen LogP contribution in [0.25, 0.3) is 0 Å². The average Bonchev–Trinajstić information content (AvgIpc) is 2.19. The molecule has 1 fully saturated rings. The summed E-state index contributed by atoms with van der Waals surface area (Å²) < 4.78 is 0. The topological polar surface area (TPSA) is 72.4 Å². The van der Waals surface area contributed by atoms with Crippen LogP contribution in [-0.4, -0.2) is 36.0 Å². The molecule has 0 aliphatic carbocycles. The fraction of sp³-hybridized carbons (Fsp3) is 0.900. The third-order valence-electron chi connectivity index (χ3n) is 3.06. The van der Waals surface area contributed by atoms with Crippen molar-refractivity contribution < 1.29 is 4.79 Å². The zero-order chi connectivity index (χ0) is 10.6. The summed E-state index contributed by atoms with van der Waals surface area (Å²) >= 11 is 0. The Balaban J connectivity index is 2.65. The molecule has 1 rings (SSSR count). The van der Waals surface area contributed by atoms with E-state index in [4.69, 9.17) is 11.5 Å². The number of nitrogens with zero attached hydrogens (tertiary/aromatic N) is 1. The lowest BCUT2D eigenvalue weighted by Gasteiger charge is -2.39. The van der Waals surface area contributed by atoms with Crippen molar-refractivity contribution in [3.8, 4) is 0 Å². The Morgan fingerprint density at radius 3 is 2.79 bits per heavy atom. The number of rotatable bonds is 4. The fourth-order valence-electron chi connectivity index (χ4n) is 2.29. The first-order valence-corrected chi connectivity index (χ1v) is 5.45. The minimum absolute atomic E-state index is 0.121. The van der Waals surface area contributed by atoms with E-state index < -0.39 is 0 Å². The van der Waals surface area contributed by atoms with Gasteiger partial charge in [0.1, 0.15) is 0 Å². The SMILES string of the molecule is CCC(C(N)=O)N1CCCCC1CN. The van der Waals surface area contributed by atoms with E-state index in [2.05, 4.69) is 4.90 Å². The van der Waals surface area contributed by atoms with Crippen LogP contribution in [0.5, 0.6) is 0 Å². The molecule has 0 radical (unpaired) electrons. The van der Waals surface area contributed by atoms with Crippen molar-refractivity contribution in [1.82, 2.24) is 4.90 Å². The van der Waals surface area contributed by atoms with E-state index in [0.29, 0.717) is 12.6 Å². The maximum Gasteiger partial charge on any atom is 0.234 e. The van der Waals surface area contributed by atoms with E-state index >= 15 is 0 Å². The smallest absolute Gasteiger partial charge is 0.234 e. The van der Waals surface area contributed by atoms with Crippen LogP contribution in [0.4, 0.5) is 0 Å². The third-order valence-corrected chi connectivity index (χ3v) is 3.06. The van der Waals surface area contributed by atoms with Gasteiger partial charge in [0, 0.05) is 12.6 Å². The highest BCUT2D eigenvalue weighted by Crippen LogP contribution is 2.20. The van der Waals surface area contributed by atoms with Crippen LogP contribution < -0.4 is 11.5 Å². The number of hydrogen-bond acceptors (Lipinski definition) is 3. The van der Waals surface area contributed by atoms with E-state index in [1.165, 1.54) is 6.42 Å². The molecule has 0 spiro atoms.